The average molecular weight is 191 g/mol. The zero-order chi connectivity index (χ0) is 10.6. The first kappa shape index (κ1) is 11.2. The smallest absolute Gasteiger partial charge is 0.0429 e. The topological polar surface area (TPSA) is 12.9 Å². The van der Waals surface area contributed by atoms with Crippen molar-refractivity contribution in [3.05, 3.63) is 29.6 Å². The summed E-state index contributed by atoms with van der Waals surface area (Å²) in [5, 5.41) is 0. The molecule has 14 heavy (non-hydrogen) atoms. The van der Waals surface area contributed by atoms with Crippen LogP contribution in [0.3, 0.4) is 0 Å². The number of hydrogen-bond acceptors (Lipinski definition) is 1. The SMILES string of the molecule is CC(C)CCc1ccc(C(C)C)nc1. The second-order valence-electron chi connectivity index (χ2n) is 4.68. The Balaban J connectivity index is 2.55. The molecule has 0 spiro atoms. The molecule has 0 saturated carbocycles. The van der Waals surface area contributed by atoms with Crippen LogP contribution in [0.1, 0.15) is 51.3 Å². The molecule has 0 saturated heterocycles. The van der Waals surface area contributed by atoms with E-state index in [0.29, 0.717) is 5.92 Å². The quantitative estimate of drug-likeness (QED) is 0.705. The van der Waals surface area contributed by atoms with Crippen LogP contribution in [0.15, 0.2) is 18.3 Å². The highest BCUT2D eigenvalue weighted by Crippen LogP contribution is 2.13. The minimum atomic E-state index is 0.536. The van der Waals surface area contributed by atoms with E-state index in [-0.39, 0.29) is 0 Å². The zero-order valence-electron chi connectivity index (χ0n) is 9.75. The third kappa shape index (κ3) is 3.49. The van der Waals surface area contributed by atoms with Crippen LogP contribution in [0.2, 0.25) is 0 Å². The van der Waals surface area contributed by atoms with E-state index in [9.17, 15) is 0 Å². The van der Waals surface area contributed by atoms with Gasteiger partial charge in [0, 0.05) is 11.9 Å². The van der Waals surface area contributed by atoms with Gasteiger partial charge in [0.15, 0.2) is 0 Å². The van der Waals surface area contributed by atoms with Crippen molar-refractivity contribution in [2.75, 3.05) is 0 Å². The molecule has 1 heteroatoms. The van der Waals surface area contributed by atoms with Crippen LogP contribution in [0.4, 0.5) is 0 Å². The van der Waals surface area contributed by atoms with Crippen molar-refractivity contribution in [2.24, 2.45) is 5.92 Å². The number of nitrogens with zero attached hydrogens (tertiary/aromatic N) is 1. The normalized spacial score (nSPS) is 11.3. The van der Waals surface area contributed by atoms with E-state index < -0.39 is 0 Å². The van der Waals surface area contributed by atoms with Gasteiger partial charge in [0.2, 0.25) is 0 Å². The summed E-state index contributed by atoms with van der Waals surface area (Å²) < 4.78 is 0. The monoisotopic (exact) mass is 191 g/mol. The van der Waals surface area contributed by atoms with Gasteiger partial charge in [0.25, 0.3) is 0 Å². The highest BCUT2D eigenvalue weighted by atomic mass is 14.7. The first-order valence-electron chi connectivity index (χ1n) is 5.54. The third-order valence-electron chi connectivity index (χ3n) is 2.45. The molecule has 0 aliphatic heterocycles. The molecule has 0 amide bonds. The van der Waals surface area contributed by atoms with Gasteiger partial charge in [0.1, 0.15) is 0 Å². The maximum Gasteiger partial charge on any atom is 0.0429 e. The van der Waals surface area contributed by atoms with Gasteiger partial charge in [-0.15, -0.1) is 0 Å². The molecule has 1 heterocycles. The summed E-state index contributed by atoms with van der Waals surface area (Å²) in [6.07, 6.45) is 4.43. The molecule has 0 atom stereocenters. The minimum Gasteiger partial charge on any atom is -0.261 e. The van der Waals surface area contributed by atoms with Gasteiger partial charge in [-0.25, -0.2) is 0 Å². The fourth-order valence-electron chi connectivity index (χ4n) is 1.38. The fraction of sp³-hybridized carbons (Fsp3) is 0.615. The molecule has 0 aliphatic rings. The number of rotatable bonds is 4. The molecule has 0 aliphatic carbocycles. The minimum absolute atomic E-state index is 0.536. The van der Waals surface area contributed by atoms with Gasteiger partial charge in [-0.05, 0) is 36.3 Å². The molecular weight excluding hydrogens is 170 g/mol. The lowest BCUT2D eigenvalue weighted by atomic mass is 10.0. The van der Waals surface area contributed by atoms with Gasteiger partial charge in [-0.2, -0.15) is 0 Å². The predicted octanol–water partition coefficient (Wildman–Crippen LogP) is 3.79. The van der Waals surface area contributed by atoms with Gasteiger partial charge >= 0.3 is 0 Å². The summed E-state index contributed by atoms with van der Waals surface area (Å²) in [4.78, 5) is 4.46. The second-order valence-corrected chi connectivity index (χ2v) is 4.68. The van der Waals surface area contributed by atoms with Crippen LogP contribution in [-0.4, -0.2) is 4.98 Å². The summed E-state index contributed by atoms with van der Waals surface area (Å²) in [5.41, 5.74) is 2.56. The molecule has 1 aromatic heterocycles. The van der Waals surface area contributed by atoms with E-state index in [4.69, 9.17) is 0 Å². The fourth-order valence-corrected chi connectivity index (χ4v) is 1.38. The molecule has 1 aromatic rings. The highest BCUT2D eigenvalue weighted by molar-refractivity contribution is 5.16. The Hall–Kier alpha value is -0.850. The van der Waals surface area contributed by atoms with Crippen LogP contribution < -0.4 is 0 Å². The third-order valence-corrected chi connectivity index (χ3v) is 2.45. The summed E-state index contributed by atoms with van der Waals surface area (Å²) in [6, 6.07) is 4.37. The Bertz CT molecular complexity index is 259. The largest absolute Gasteiger partial charge is 0.261 e. The van der Waals surface area contributed by atoms with Gasteiger partial charge in [-0.3, -0.25) is 4.98 Å². The molecular formula is C13H21N. The number of aromatic nitrogens is 1. The molecule has 0 N–H and O–H groups in total. The first-order chi connectivity index (χ1) is 6.59. The summed E-state index contributed by atoms with van der Waals surface area (Å²) >= 11 is 0. The molecule has 0 aromatic carbocycles. The maximum absolute atomic E-state index is 4.46. The van der Waals surface area contributed by atoms with E-state index >= 15 is 0 Å². The van der Waals surface area contributed by atoms with Gasteiger partial charge < -0.3 is 0 Å². The predicted molar refractivity (Wildman–Crippen MR) is 61.5 cm³/mol. The average Bonchev–Trinajstić information content (AvgIpc) is 2.15. The maximum atomic E-state index is 4.46. The molecule has 78 valence electrons. The van der Waals surface area contributed by atoms with Crippen LogP contribution >= 0.6 is 0 Å². The van der Waals surface area contributed by atoms with Crippen molar-refractivity contribution < 1.29 is 0 Å². The number of hydrogen-bond donors (Lipinski definition) is 0. The van der Waals surface area contributed by atoms with Crippen molar-refractivity contribution in [2.45, 2.75) is 46.5 Å². The highest BCUT2D eigenvalue weighted by Gasteiger charge is 2.01. The van der Waals surface area contributed by atoms with E-state index in [1.54, 1.807) is 0 Å². The number of pyridine rings is 1. The molecule has 0 fully saturated rings. The van der Waals surface area contributed by atoms with Crippen LogP contribution in [0.5, 0.6) is 0 Å². The Labute approximate surface area is 87.6 Å². The Morgan fingerprint density at radius 2 is 1.86 bits per heavy atom. The van der Waals surface area contributed by atoms with E-state index in [1.807, 2.05) is 6.20 Å². The van der Waals surface area contributed by atoms with E-state index in [1.165, 1.54) is 17.7 Å². The molecule has 0 bridgehead atoms. The lowest BCUT2D eigenvalue weighted by molar-refractivity contribution is 0.585. The molecule has 1 nitrogen and oxygen atoms in total. The van der Waals surface area contributed by atoms with Crippen molar-refractivity contribution in [3.8, 4) is 0 Å². The van der Waals surface area contributed by atoms with Crippen LogP contribution in [0.25, 0.3) is 0 Å². The van der Waals surface area contributed by atoms with Gasteiger partial charge in [0.05, 0.1) is 0 Å². The number of aryl methyl sites for hydroxylation is 1. The first-order valence-corrected chi connectivity index (χ1v) is 5.54. The van der Waals surface area contributed by atoms with Crippen LogP contribution in [-0.2, 0) is 6.42 Å². The summed E-state index contributed by atoms with van der Waals surface area (Å²) in [5.74, 6) is 1.31. The standard InChI is InChI=1S/C13H21N/c1-10(2)5-6-12-7-8-13(11(3)4)14-9-12/h7-11H,5-6H2,1-4H3. The van der Waals surface area contributed by atoms with Crippen molar-refractivity contribution in [1.82, 2.24) is 4.98 Å². The lowest BCUT2D eigenvalue weighted by Crippen LogP contribution is -1.96. The van der Waals surface area contributed by atoms with Crippen molar-refractivity contribution in [3.63, 3.8) is 0 Å². The Kier molecular flexibility index (Phi) is 4.12. The van der Waals surface area contributed by atoms with Crippen molar-refractivity contribution >= 4 is 0 Å². The van der Waals surface area contributed by atoms with Gasteiger partial charge in [-0.1, -0.05) is 33.8 Å². The van der Waals surface area contributed by atoms with Crippen molar-refractivity contribution in [1.29, 1.82) is 0 Å². The summed E-state index contributed by atoms with van der Waals surface area (Å²) in [7, 11) is 0. The Morgan fingerprint density at radius 1 is 1.14 bits per heavy atom. The molecule has 0 radical (unpaired) electrons. The molecule has 0 unspecified atom stereocenters. The Morgan fingerprint density at radius 3 is 2.29 bits per heavy atom. The van der Waals surface area contributed by atoms with E-state index in [0.717, 1.165) is 12.3 Å². The van der Waals surface area contributed by atoms with E-state index in [2.05, 4.69) is 44.8 Å². The van der Waals surface area contributed by atoms with Crippen LogP contribution in [0, 0.1) is 5.92 Å². The zero-order valence-corrected chi connectivity index (χ0v) is 9.75. The second kappa shape index (κ2) is 5.14. The molecule has 1 rings (SSSR count). The summed E-state index contributed by atoms with van der Waals surface area (Å²) in [6.45, 7) is 8.87. The lowest BCUT2D eigenvalue weighted by Gasteiger charge is -2.07.